The van der Waals surface area contributed by atoms with Crippen LogP contribution in [0.4, 0.5) is 0 Å². The van der Waals surface area contributed by atoms with Crippen LogP contribution in [-0.2, 0) is 6.61 Å². The van der Waals surface area contributed by atoms with E-state index in [1.165, 1.54) is 5.56 Å². The number of nitrogens with two attached hydrogens (primary N) is 1. The second-order valence-corrected chi connectivity index (χ2v) is 5.24. The molecule has 5 heteroatoms. The Labute approximate surface area is 126 Å². The van der Waals surface area contributed by atoms with Crippen LogP contribution in [0.15, 0.2) is 46.9 Å². The first-order valence-corrected chi connectivity index (χ1v) is 6.88. The normalized spacial score (nSPS) is 10.2. The summed E-state index contributed by atoms with van der Waals surface area (Å²) in [6.07, 6.45) is 0. The summed E-state index contributed by atoms with van der Waals surface area (Å²) in [6, 6.07) is 13.1. The van der Waals surface area contributed by atoms with E-state index in [-0.39, 0.29) is 5.91 Å². The van der Waals surface area contributed by atoms with E-state index in [0.717, 1.165) is 15.8 Å². The van der Waals surface area contributed by atoms with Crippen molar-refractivity contribution in [1.29, 1.82) is 0 Å². The summed E-state index contributed by atoms with van der Waals surface area (Å²) in [4.78, 5) is 11.4. The van der Waals surface area contributed by atoms with E-state index in [1.54, 1.807) is 12.1 Å². The lowest BCUT2D eigenvalue weighted by atomic mass is 10.1. The summed E-state index contributed by atoms with van der Waals surface area (Å²) in [5.41, 5.74) is 4.75. The highest BCUT2D eigenvalue weighted by Crippen LogP contribution is 2.21. The number of aryl methyl sites for hydroxylation is 1. The standard InChI is InChI=1S/C15H15BrN2O2/c1-10-2-6-13(7-3-10)20-9-12-5-4-11(8-14(12)16)15(19)18-17/h2-8H,9,17H2,1H3,(H,18,19). The first-order chi connectivity index (χ1) is 9.60. The summed E-state index contributed by atoms with van der Waals surface area (Å²) in [7, 11) is 0. The van der Waals surface area contributed by atoms with Gasteiger partial charge in [0, 0.05) is 15.6 Å². The number of rotatable bonds is 4. The van der Waals surface area contributed by atoms with Crippen LogP contribution in [-0.4, -0.2) is 5.91 Å². The highest BCUT2D eigenvalue weighted by atomic mass is 79.9. The summed E-state index contributed by atoms with van der Waals surface area (Å²) >= 11 is 3.43. The molecule has 0 spiro atoms. The van der Waals surface area contributed by atoms with Gasteiger partial charge in [0.25, 0.3) is 5.91 Å². The van der Waals surface area contributed by atoms with Crippen LogP contribution in [0.3, 0.4) is 0 Å². The van der Waals surface area contributed by atoms with E-state index in [2.05, 4.69) is 21.4 Å². The topological polar surface area (TPSA) is 64.3 Å². The quantitative estimate of drug-likeness (QED) is 0.513. The van der Waals surface area contributed by atoms with Crippen molar-refractivity contribution in [3.63, 3.8) is 0 Å². The highest BCUT2D eigenvalue weighted by Gasteiger charge is 2.07. The van der Waals surface area contributed by atoms with E-state index in [4.69, 9.17) is 10.6 Å². The van der Waals surface area contributed by atoms with E-state index in [1.807, 2.05) is 37.3 Å². The largest absolute Gasteiger partial charge is 0.489 e. The van der Waals surface area contributed by atoms with Gasteiger partial charge in [-0.3, -0.25) is 10.2 Å². The first kappa shape index (κ1) is 14.6. The molecule has 104 valence electrons. The number of amides is 1. The molecule has 3 N–H and O–H groups in total. The van der Waals surface area contributed by atoms with Crippen molar-refractivity contribution in [2.45, 2.75) is 13.5 Å². The Bertz CT molecular complexity index is 612. The zero-order valence-corrected chi connectivity index (χ0v) is 12.6. The third-order valence-corrected chi connectivity index (χ3v) is 3.60. The molecule has 2 aromatic carbocycles. The van der Waals surface area contributed by atoms with Crippen molar-refractivity contribution in [2.75, 3.05) is 0 Å². The van der Waals surface area contributed by atoms with Crippen molar-refractivity contribution < 1.29 is 9.53 Å². The number of carbonyl (C=O) groups is 1. The number of nitrogens with one attached hydrogen (secondary N) is 1. The predicted octanol–water partition coefficient (Wildman–Crippen LogP) is 2.94. The second kappa shape index (κ2) is 6.54. The molecule has 0 aromatic heterocycles. The minimum absolute atomic E-state index is 0.322. The SMILES string of the molecule is Cc1ccc(OCc2ccc(C(=O)NN)cc2Br)cc1. The van der Waals surface area contributed by atoms with Crippen LogP contribution in [0.1, 0.15) is 21.5 Å². The number of ether oxygens (including phenoxy) is 1. The molecule has 0 aliphatic carbocycles. The van der Waals surface area contributed by atoms with Crippen molar-refractivity contribution in [2.24, 2.45) is 5.84 Å². The fraction of sp³-hybridized carbons (Fsp3) is 0.133. The maximum Gasteiger partial charge on any atom is 0.265 e. The minimum atomic E-state index is -0.322. The number of benzene rings is 2. The van der Waals surface area contributed by atoms with E-state index < -0.39 is 0 Å². The van der Waals surface area contributed by atoms with Gasteiger partial charge in [0.15, 0.2) is 0 Å². The zero-order valence-electron chi connectivity index (χ0n) is 11.0. The fourth-order valence-corrected chi connectivity index (χ4v) is 2.18. The Morgan fingerprint density at radius 3 is 2.55 bits per heavy atom. The van der Waals surface area contributed by atoms with Crippen molar-refractivity contribution in [1.82, 2.24) is 5.43 Å². The van der Waals surface area contributed by atoms with Crippen molar-refractivity contribution in [3.8, 4) is 5.75 Å². The number of carbonyl (C=O) groups excluding carboxylic acids is 1. The molecule has 0 saturated carbocycles. The molecule has 0 heterocycles. The lowest BCUT2D eigenvalue weighted by molar-refractivity contribution is 0.0953. The Kier molecular flexibility index (Phi) is 4.76. The Morgan fingerprint density at radius 2 is 1.95 bits per heavy atom. The molecular weight excluding hydrogens is 320 g/mol. The third-order valence-electron chi connectivity index (χ3n) is 2.86. The molecule has 2 rings (SSSR count). The minimum Gasteiger partial charge on any atom is -0.489 e. The maximum absolute atomic E-state index is 11.4. The Morgan fingerprint density at radius 1 is 1.25 bits per heavy atom. The van der Waals surface area contributed by atoms with Crippen LogP contribution in [0.2, 0.25) is 0 Å². The average molecular weight is 335 g/mol. The molecule has 0 aliphatic rings. The van der Waals surface area contributed by atoms with Crippen LogP contribution >= 0.6 is 15.9 Å². The van der Waals surface area contributed by atoms with Crippen LogP contribution in [0.25, 0.3) is 0 Å². The van der Waals surface area contributed by atoms with Gasteiger partial charge in [-0.25, -0.2) is 5.84 Å². The third kappa shape index (κ3) is 3.59. The van der Waals surface area contributed by atoms with Gasteiger partial charge < -0.3 is 4.74 Å². The summed E-state index contributed by atoms with van der Waals surface area (Å²) in [6.45, 7) is 2.45. The van der Waals surface area contributed by atoms with Crippen molar-refractivity contribution in [3.05, 3.63) is 63.6 Å². The number of halogens is 1. The number of hydrogen-bond donors (Lipinski definition) is 2. The lowest BCUT2D eigenvalue weighted by Gasteiger charge is -2.09. The molecule has 1 amide bonds. The summed E-state index contributed by atoms with van der Waals surface area (Å²) < 4.78 is 6.51. The van der Waals surface area contributed by atoms with E-state index in [0.29, 0.717) is 12.2 Å². The fourth-order valence-electron chi connectivity index (χ4n) is 1.68. The predicted molar refractivity (Wildman–Crippen MR) is 81.3 cm³/mol. The summed E-state index contributed by atoms with van der Waals surface area (Å²) in [5.74, 6) is 5.59. The molecular formula is C15H15BrN2O2. The molecule has 0 saturated heterocycles. The Balaban J connectivity index is 2.06. The van der Waals surface area contributed by atoms with Crippen LogP contribution in [0.5, 0.6) is 5.75 Å². The van der Waals surface area contributed by atoms with Gasteiger partial charge in [-0.2, -0.15) is 0 Å². The molecule has 0 bridgehead atoms. The van der Waals surface area contributed by atoms with Gasteiger partial charge >= 0.3 is 0 Å². The summed E-state index contributed by atoms with van der Waals surface area (Å²) in [5, 5.41) is 0. The molecule has 0 fully saturated rings. The molecule has 20 heavy (non-hydrogen) atoms. The highest BCUT2D eigenvalue weighted by molar-refractivity contribution is 9.10. The molecule has 4 nitrogen and oxygen atoms in total. The molecule has 0 radical (unpaired) electrons. The Hall–Kier alpha value is -1.85. The number of hydrazine groups is 1. The van der Waals surface area contributed by atoms with Gasteiger partial charge in [-0.1, -0.05) is 39.7 Å². The molecule has 0 atom stereocenters. The van der Waals surface area contributed by atoms with E-state index in [9.17, 15) is 4.79 Å². The van der Waals surface area contributed by atoms with Crippen LogP contribution in [0, 0.1) is 6.92 Å². The number of nitrogen functional groups attached to an aromatic ring is 1. The molecule has 0 aliphatic heterocycles. The monoisotopic (exact) mass is 334 g/mol. The number of hydrogen-bond acceptors (Lipinski definition) is 3. The van der Waals surface area contributed by atoms with Gasteiger partial charge in [0.1, 0.15) is 12.4 Å². The van der Waals surface area contributed by atoms with Gasteiger partial charge in [0.05, 0.1) is 0 Å². The van der Waals surface area contributed by atoms with Crippen LogP contribution < -0.4 is 16.0 Å². The molecule has 0 unspecified atom stereocenters. The maximum atomic E-state index is 11.4. The van der Waals surface area contributed by atoms with Gasteiger partial charge in [-0.15, -0.1) is 0 Å². The first-order valence-electron chi connectivity index (χ1n) is 6.09. The zero-order chi connectivity index (χ0) is 14.5. The average Bonchev–Trinajstić information content (AvgIpc) is 2.46. The van der Waals surface area contributed by atoms with E-state index >= 15 is 0 Å². The van der Waals surface area contributed by atoms with Crippen molar-refractivity contribution >= 4 is 21.8 Å². The lowest BCUT2D eigenvalue weighted by Crippen LogP contribution is -2.29. The van der Waals surface area contributed by atoms with Gasteiger partial charge in [-0.05, 0) is 31.2 Å². The van der Waals surface area contributed by atoms with Gasteiger partial charge in [0.2, 0.25) is 0 Å². The smallest absolute Gasteiger partial charge is 0.265 e. The second-order valence-electron chi connectivity index (χ2n) is 4.38. The molecule has 2 aromatic rings.